The highest BCUT2D eigenvalue weighted by atomic mass is 79.9. The summed E-state index contributed by atoms with van der Waals surface area (Å²) in [5.74, 6) is -3.37. The molecule has 2 amide bonds. The molecular weight excluding hydrogens is 493 g/mol. The number of amides is 2. The van der Waals surface area contributed by atoms with E-state index in [0.29, 0.717) is 5.75 Å². The first-order valence-electron chi connectivity index (χ1n) is 11.0. The van der Waals surface area contributed by atoms with Gasteiger partial charge in [-0.3, -0.25) is 14.4 Å². The highest BCUT2D eigenvalue weighted by Gasteiger charge is 2.65. The zero-order valence-corrected chi connectivity index (χ0v) is 19.8. The Morgan fingerprint density at radius 1 is 1.27 bits per heavy atom. The molecule has 2 bridgehead atoms. The molecule has 0 N–H and O–H groups in total. The summed E-state index contributed by atoms with van der Waals surface area (Å²) in [6.07, 6.45) is 0.215. The quantitative estimate of drug-likeness (QED) is 0.445. The topological polar surface area (TPSA) is 72.9 Å². The fourth-order valence-corrected chi connectivity index (χ4v) is 6.32. The SMILES string of the molecule is CCOC(=O)[C@@H]1[C@H]2COc3ccc(Br)cc3C2C2CC1(C)C(=O)N(c1cccc(F)c1)C2=O. The van der Waals surface area contributed by atoms with Gasteiger partial charge in [0, 0.05) is 22.2 Å². The molecule has 33 heavy (non-hydrogen) atoms. The number of carbonyl (C=O) groups excluding carboxylic acids is 3. The van der Waals surface area contributed by atoms with E-state index in [1.54, 1.807) is 13.8 Å². The number of esters is 1. The van der Waals surface area contributed by atoms with Crippen LogP contribution in [0.2, 0.25) is 0 Å². The fraction of sp³-hybridized carbons (Fsp3) is 0.400. The second-order valence-electron chi connectivity index (χ2n) is 9.10. The van der Waals surface area contributed by atoms with Crippen LogP contribution in [-0.2, 0) is 19.1 Å². The number of benzene rings is 2. The van der Waals surface area contributed by atoms with Gasteiger partial charge in [-0.25, -0.2) is 9.29 Å². The zero-order valence-electron chi connectivity index (χ0n) is 18.2. The molecule has 8 heteroatoms. The molecule has 172 valence electrons. The molecule has 0 radical (unpaired) electrons. The smallest absolute Gasteiger partial charge is 0.310 e. The summed E-state index contributed by atoms with van der Waals surface area (Å²) in [4.78, 5) is 41.9. The number of hydrogen-bond donors (Lipinski definition) is 0. The van der Waals surface area contributed by atoms with E-state index in [-0.39, 0.29) is 37.1 Å². The van der Waals surface area contributed by atoms with Gasteiger partial charge in [0.05, 0.1) is 30.2 Å². The Bertz CT molecular complexity index is 1170. The highest BCUT2D eigenvalue weighted by molar-refractivity contribution is 9.10. The van der Waals surface area contributed by atoms with Crippen molar-refractivity contribution in [1.82, 2.24) is 0 Å². The van der Waals surface area contributed by atoms with Crippen LogP contribution in [0.1, 0.15) is 31.7 Å². The predicted octanol–water partition coefficient (Wildman–Crippen LogP) is 4.46. The van der Waals surface area contributed by atoms with Gasteiger partial charge < -0.3 is 9.47 Å². The van der Waals surface area contributed by atoms with Gasteiger partial charge in [-0.2, -0.15) is 0 Å². The lowest BCUT2D eigenvalue weighted by Gasteiger charge is -2.56. The number of fused-ring (bicyclic) bond motifs is 6. The third kappa shape index (κ3) is 3.29. The molecule has 2 aromatic carbocycles. The van der Waals surface area contributed by atoms with E-state index in [9.17, 15) is 18.8 Å². The van der Waals surface area contributed by atoms with E-state index >= 15 is 0 Å². The van der Waals surface area contributed by atoms with Crippen LogP contribution < -0.4 is 9.64 Å². The zero-order chi connectivity index (χ0) is 23.5. The number of piperidine rings is 1. The maximum absolute atomic E-state index is 14.0. The molecule has 3 unspecified atom stereocenters. The second-order valence-corrected chi connectivity index (χ2v) is 10.0. The van der Waals surface area contributed by atoms with Crippen molar-refractivity contribution in [1.29, 1.82) is 0 Å². The van der Waals surface area contributed by atoms with Crippen LogP contribution in [-0.4, -0.2) is 31.0 Å². The van der Waals surface area contributed by atoms with E-state index in [2.05, 4.69) is 15.9 Å². The summed E-state index contributed by atoms with van der Waals surface area (Å²) in [7, 11) is 0. The molecule has 3 aliphatic rings. The van der Waals surface area contributed by atoms with E-state index in [1.165, 1.54) is 24.3 Å². The summed E-state index contributed by atoms with van der Waals surface area (Å²) in [6.45, 7) is 3.82. The van der Waals surface area contributed by atoms with Crippen molar-refractivity contribution >= 4 is 39.4 Å². The van der Waals surface area contributed by atoms with Crippen molar-refractivity contribution in [3.8, 4) is 5.75 Å². The van der Waals surface area contributed by atoms with Gasteiger partial charge in [0.15, 0.2) is 0 Å². The number of imide groups is 1. The van der Waals surface area contributed by atoms with E-state index in [1.807, 2.05) is 18.2 Å². The normalized spacial score (nSPS) is 30.2. The number of rotatable bonds is 3. The van der Waals surface area contributed by atoms with Gasteiger partial charge in [-0.15, -0.1) is 0 Å². The average molecular weight is 516 g/mol. The standard InChI is InChI=1S/C25H23BrFNO5/c1-3-32-23(30)21-18-12-33-19-8-7-13(26)9-16(19)20(18)17-11-25(21,2)24(31)28(22(17)29)15-6-4-5-14(27)10-15/h4-10,17-18,20-21H,3,11-12H2,1-2H3/t17?,18-,20?,21-,25?/m0/s1. The van der Waals surface area contributed by atoms with Crippen LogP contribution >= 0.6 is 15.9 Å². The number of halogens is 2. The van der Waals surface area contributed by atoms with Gasteiger partial charge in [-0.1, -0.05) is 22.0 Å². The Labute approximate surface area is 199 Å². The van der Waals surface area contributed by atoms with Gasteiger partial charge in [0.2, 0.25) is 11.8 Å². The summed E-state index contributed by atoms with van der Waals surface area (Å²) < 4.78 is 26.3. The van der Waals surface area contributed by atoms with Crippen molar-refractivity contribution in [2.45, 2.75) is 26.2 Å². The minimum atomic E-state index is -1.19. The lowest BCUT2D eigenvalue weighted by atomic mass is 9.51. The monoisotopic (exact) mass is 515 g/mol. The number of nitrogens with zero attached hydrogens (tertiary/aromatic N) is 1. The van der Waals surface area contributed by atoms with Crippen LogP contribution in [0.15, 0.2) is 46.9 Å². The van der Waals surface area contributed by atoms with E-state index in [0.717, 1.165) is 14.9 Å². The Kier molecular flexibility index (Phi) is 5.31. The van der Waals surface area contributed by atoms with Gasteiger partial charge in [0.25, 0.3) is 0 Å². The lowest BCUT2D eigenvalue weighted by Crippen LogP contribution is -2.66. The number of hydrogen-bond acceptors (Lipinski definition) is 5. The van der Waals surface area contributed by atoms with Crippen molar-refractivity contribution in [2.75, 3.05) is 18.1 Å². The molecule has 1 saturated carbocycles. The lowest BCUT2D eigenvalue weighted by molar-refractivity contribution is -0.173. The van der Waals surface area contributed by atoms with Crippen molar-refractivity contribution < 1.29 is 28.2 Å². The van der Waals surface area contributed by atoms with Gasteiger partial charge >= 0.3 is 5.97 Å². The Balaban J connectivity index is 1.70. The van der Waals surface area contributed by atoms with Crippen molar-refractivity contribution in [2.24, 2.45) is 23.2 Å². The molecule has 1 saturated heterocycles. The molecule has 2 heterocycles. The molecule has 0 spiro atoms. The number of carbonyl (C=O) groups is 3. The molecule has 2 fully saturated rings. The van der Waals surface area contributed by atoms with Crippen molar-refractivity contribution in [3.05, 3.63) is 58.3 Å². The first kappa shape index (κ1) is 22.1. The van der Waals surface area contributed by atoms with Crippen LogP contribution in [0, 0.1) is 29.0 Å². The summed E-state index contributed by atoms with van der Waals surface area (Å²) in [5, 5.41) is 0. The molecular formula is C25H23BrFNO5. The summed E-state index contributed by atoms with van der Waals surface area (Å²) in [6, 6.07) is 11.0. The number of anilines is 1. The van der Waals surface area contributed by atoms with E-state index < -0.39 is 40.9 Å². The molecule has 5 atom stereocenters. The third-order valence-corrected chi connectivity index (χ3v) is 7.74. The fourth-order valence-electron chi connectivity index (χ4n) is 5.94. The molecule has 2 aromatic rings. The minimum absolute atomic E-state index is 0.170. The molecule has 0 aromatic heterocycles. The third-order valence-electron chi connectivity index (χ3n) is 7.25. The molecule has 2 aliphatic heterocycles. The van der Waals surface area contributed by atoms with E-state index in [4.69, 9.17) is 9.47 Å². The Hall–Kier alpha value is -2.74. The summed E-state index contributed by atoms with van der Waals surface area (Å²) in [5.41, 5.74) is -0.196. The van der Waals surface area contributed by atoms with Gasteiger partial charge in [-0.05, 0) is 62.2 Å². The molecule has 5 rings (SSSR count). The van der Waals surface area contributed by atoms with Crippen LogP contribution in [0.4, 0.5) is 10.1 Å². The minimum Gasteiger partial charge on any atom is -0.493 e. The van der Waals surface area contributed by atoms with Crippen LogP contribution in [0.3, 0.4) is 0 Å². The molecule has 6 nitrogen and oxygen atoms in total. The Morgan fingerprint density at radius 3 is 2.79 bits per heavy atom. The largest absolute Gasteiger partial charge is 0.493 e. The number of ether oxygens (including phenoxy) is 2. The first-order valence-corrected chi connectivity index (χ1v) is 11.8. The Morgan fingerprint density at radius 2 is 2.06 bits per heavy atom. The predicted molar refractivity (Wildman–Crippen MR) is 121 cm³/mol. The van der Waals surface area contributed by atoms with Crippen molar-refractivity contribution in [3.63, 3.8) is 0 Å². The van der Waals surface area contributed by atoms with Crippen LogP contribution in [0.5, 0.6) is 5.75 Å². The highest BCUT2D eigenvalue weighted by Crippen LogP contribution is 2.60. The van der Waals surface area contributed by atoms with Gasteiger partial charge in [0.1, 0.15) is 11.6 Å². The van der Waals surface area contributed by atoms with Crippen LogP contribution in [0.25, 0.3) is 0 Å². The maximum atomic E-state index is 14.0. The maximum Gasteiger partial charge on any atom is 0.310 e. The average Bonchev–Trinajstić information content (AvgIpc) is 2.77. The first-order chi connectivity index (χ1) is 15.8. The second kappa shape index (κ2) is 7.94. The molecule has 1 aliphatic carbocycles. The summed E-state index contributed by atoms with van der Waals surface area (Å²) >= 11 is 3.50.